The van der Waals surface area contributed by atoms with Gasteiger partial charge in [0.25, 0.3) is 0 Å². The Kier molecular flexibility index (Phi) is 4.25. The normalized spacial score (nSPS) is 8.86. The van der Waals surface area contributed by atoms with E-state index in [0.717, 1.165) is 5.56 Å². The highest BCUT2D eigenvalue weighted by Gasteiger charge is 1.89. The zero-order chi connectivity index (χ0) is 10.2. The predicted octanol–water partition coefficient (Wildman–Crippen LogP) is 1.29. The first-order valence-corrected chi connectivity index (χ1v) is 4.12. The molecule has 0 atom stereocenters. The van der Waals surface area contributed by atoms with E-state index in [2.05, 4.69) is 5.92 Å². The van der Waals surface area contributed by atoms with Crippen LogP contribution in [0.5, 0.6) is 0 Å². The van der Waals surface area contributed by atoms with Gasteiger partial charge in [-0.2, -0.15) is 0 Å². The monoisotopic (exact) mass is 190 g/mol. The van der Waals surface area contributed by atoms with Crippen LogP contribution in [0.4, 0.5) is 0 Å². The molecule has 1 N–H and O–H groups in total. The van der Waals surface area contributed by atoms with Gasteiger partial charge in [0.2, 0.25) is 0 Å². The van der Waals surface area contributed by atoms with E-state index in [1.54, 1.807) is 0 Å². The molecule has 0 spiro atoms. The maximum absolute atomic E-state index is 10.0. The molecule has 3 nitrogen and oxygen atoms in total. The highest BCUT2D eigenvalue weighted by Crippen LogP contribution is 1.99. The summed E-state index contributed by atoms with van der Waals surface area (Å²) in [6.45, 7) is 0.594. The van der Waals surface area contributed by atoms with Crippen molar-refractivity contribution < 1.29 is 14.6 Å². The lowest BCUT2D eigenvalue weighted by molar-refractivity contribution is -0.130. The van der Waals surface area contributed by atoms with Crippen LogP contribution in [0.25, 0.3) is 0 Å². The predicted molar refractivity (Wildman–Crippen MR) is 51.5 cm³/mol. The second-order valence-corrected chi connectivity index (χ2v) is 2.59. The first-order chi connectivity index (χ1) is 6.79. The summed E-state index contributed by atoms with van der Waals surface area (Å²) in [6.07, 6.45) is 0. The van der Waals surface area contributed by atoms with Crippen molar-refractivity contribution in [3.05, 3.63) is 35.9 Å². The third-order valence-electron chi connectivity index (χ3n) is 1.48. The molecule has 0 aromatic heterocycles. The minimum atomic E-state index is -1.13. The molecule has 0 unspecified atom stereocenters. The lowest BCUT2D eigenvalue weighted by Crippen LogP contribution is -1.94. The molecule has 0 bridgehead atoms. The number of benzene rings is 1. The van der Waals surface area contributed by atoms with Gasteiger partial charge in [0.1, 0.15) is 6.61 Å². The van der Waals surface area contributed by atoms with E-state index < -0.39 is 5.97 Å². The Balaban J connectivity index is 2.24. The molecule has 0 saturated carbocycles. The average Bonchev–Trinajstić information content (AvgIpc) is 2.18. The summed E-state index contributed by atoms with van der Waals surface area (Å²) in [6, 6.07) is 9.63. The number of aliphatic carboxylic acids is 1. The number of carboxylic acids is 1. The van der Waals surface area contributed by atoms with Crippen molar-refractivity contribution >= 4 is 5.97 Å². The molecule has 0 saturated heterocycles. The Morgan fingerprint density at radius 3 is 2.71 bits per heavy atom. The molecule has 0 aliphatic carbocycles. The standard InChI is InChI=1S/C11H10O3/c12-11(13)7-4-8-14-9-10-5-2-1-3-6-10/h1-3,5-6H,8-9H2,(H,12,13). The number of ether oxygens (including phenoxy) is 1. The molecule has 14 heavy (non-hydrogen) atoms. The minimum absolute atomic E-state index is 0.140. The van der Waals surface area contributed by atoms with Gasteiger partial charge >= 0.3 is 5.97 Å². The molecule has 0 aliphatic rings. The number of hydrogen-bond donors (Lipinski definition) is 1. The number of carboxylic acid groups (broad SMARTS) is 1. The first-order valence-electron chi connectivity index (χ1n) is 4.12. The van der Waals surface area contributed by atoms with Gasteiger partial charge in [-0.15, -0.1) is 0 Å². The molecular weight excluding hydrogens is 180 g/mol. The Bertz CT molecular complexity index is 346. The largest absolute Gasteiger partial charge is 0.472 e. The van der Waals surface area contributed by atoms with Gasteiger partial charge in [-0.3, -0.25) is 0 Å². The summed E-state index contributed by atoms with van der Waals surface area (Å²) in [5.74, 6) is 3.23. The molecule has 1 aromatic carbocycles. The van der Waals surface area contributed by atoms with Crippen molar-refractivity contribution in [1.29, 1.82) is 0 Å². The third kappa shape index (κ3) is 4.29. The van der Waals surface area contributed by atoms with E-state index >= 15 is 0 Å². The van der Waals surface area contributed by atoms with Crippen LogP contribution in [0.3, 0.4) is 0 Å². The molecule has 3 heteroatoms. The summed E-state index contributed by atoms with van der Waals surface area (Å²) in [7, 11) is 0. The summed E-state index contributed by atoms with van der Waals surface area (Å²) in [5.41, 5.74) is 1.05. The summed E-state index contributed by atoms with van der Waals surface area (Å²) in [4.78, 5) is 10.0. The molecule has 0 amide bonds. The van der Waals surface area contributed by atoms with E-state index in [4.69, 9.17) is 9.84 Å². The number of rotatable bonds is 3. The molecule has 1 rings (SSSR count). The van der Waals surface area contributed by atoms with E-state index in [1.807, 2.05) is 36.3 Å². The maximum Gasteiger partial charge on any atom is 0.381 e. The van der Waals surface area contributed by atoms with Crippen molar-refractivity contribution in [2.24, 2.45) is 0 Å². The molecule has 72 valence electrons. The van der Waals surface area contributed by atoms with Crippen LogP contribution >= 0.6 is 0 Å². The summed E-state index contributed by atoms with van der Waals surface area (Å²) < 4.78 is 5.13. The number of carbonyl (C=O) groups is 1. The zero-order valence-electron chi connectivity index (χ0n) is 7.56. The minimum Gasteiger partial charge on any atom is -0.472 e. The SMILES string of the molecule is O=C(O)C#CCOCc1ccccc1. The van der Waals surface area contributed by atoms with E-state index in [-0.39, 0.29) is 6.61 Å². The van der Waals surface area contributed by atoms with Gasteiger partial charge in [0.15, 0.2) is 0 Å². The van der Waals surface area contributed by atoms with Crippen LogP contribution in [-0.4, -0.2) is 17.7 Å². The quantitative estimate of drug-likeness (QED) is 0.577. The second-order valence-electron chi connectivity index (χ2n) is 2.59. The Morgan fingerprint density at radius 1 is 1.36 bits per heavy atom. The number of hydrogen-bond acceptors (Lipinski definition) is 2. The van der Waals surface area contributed by atoms with Gasteiger partial charge < -0.3 is 9.84 Å². The fraction of sp³-hybridized carbons (Fsp3) is 0.182. The average molecular weight is 190 g/mol. The van der Waals surface area contributed by atoms with Crippen molar-refractivity contribution in [1.82, 2.24) is 0 Å². The Morgan fingerprint density at radius 2 is 2.07 bits per heavy atom. The third-order valence-corrected chi connectivity index (χ3v) is 1.48. The molecule has 0 aliphatic heterocycles. The van der Waals surface area contributed by atoms with Crippen molar-refractivity contribution in [3.63, 3.8) is 0 Å². The molecule has 0 fully saturated rings. The van der Waals surface area contributed by atoms with Gasteiger partial charge in [-0.25, -0.2) is 4.79 Å². The summed E-state index contributed by atoms with van der Waals surface area (Å²) in [5, 5.41) is 8.20. The van der Waals surface area contributed by atoms with Crippen LogP contribution in [0, 0.1) is 11.8 Å². The lowest BCUT2D eigenvalue weighted by atomic mass is 10.2. The van der Waals surface area contributed by atoms with Gasteiger partial charge in [-0.1, -0.05) is 36.3 Å². The fourth-order valence-electron chi connectivity index (χ4n) is 0.906. The van der Waals surface area contributed by atoms with Gasteiger partial charge in [-0.05, 0) is 5.56 Å². The fourth-order valence-corrected chi connectivity index (χ4v) is 0.906. The summed E-state index contributed by atoms with van der Waals surface area (Å²) >= 11 is 0. The van der Waals surface area contributed by atoms with Gasteiger partial charge in [0, 0.05) is 5.92 Å². The van der Waals surface area contributed by atoms with E-state index in [1.165, 1.54) is 0 Å². The molecule has 1 aromatic rings. The van der Waals surface area contributed by atoms with Crippen LogP contribution in [0.2, 0.25) is 0 Å². The lowest BCUT2D eigenvalue weighted by Gasteiger charge is -1.98. The second kappa shape index (κ2) is 5.79. The smallest absolute Gasteiger partial charge is 0.381 e. The highest BCUT2D eigenvalue weighted by molar-refractivity contribution is 5.86. The maximum atomic E-state index is 10.0. The molecule has 0 radical (unpaired) electrons. The topological polar surface area (TPSA) is 46.5 Å². The molecular formula is C11H10O3. The Labute approximate surface area is 82.3 Å². The van der Waals surface area contributed by atoms with Crippen molar-refractivity contribution in [3.8, 4) is 11.8 Å². The van der Waals surface area contributed by atoms with Crippen LogP contribution in [0.1, 0.15) is 5.56 Å². The molecule has 0 heterocycles. The van der Waals surface area contributed by atoms with Gasteiger partial charge in [0.05, 0.1) is 6.61 Å². The van der Waals surface area contributed by atoms with Crippen molar-refractivity contribution in [2.45, 2.75) is 6.61 Å². The highest BCUT2D eigenvalue weighted by atomic mass is 16.5. The Hall–Kier alpha value is -1.79. The zero-order valence-corrected chi connectivity index (χ0v) is 7.56. The van der Waals surface area contributed by atoms with E-state index in [9.17, 15) is 4.79 Å². The van der Waals surface area contributed by atoms with Crippen LogP contribution < -0.4 is 0 Å². The van der Waals surface area contributed by atoms with Crippen LogP contribution in [-0.2, 0) is 16.1 Å². The van der Waals surface area contributed by atoms with E-state index in [0.29, 0.717) is 6.61 Å². The van der Waals surface area contributed by atoms with Crippen molar-refractivity contribution in [2.75, 3.05) is 6.61 Å². The first kappa shape index (κ1) is 10.3. The van der Waals surface area contributed by atoms with Crippen LogP contribution in [0.15, 0.2) is 30.3 Å².